The zero-order valence-electron chi connectivity index (χ0n) is 13.0. The van der Waals surface area contributed by atoms with Crippen LogP contribution in [0.2, 0.25) is 0 Å². The van der Waals surface area contributed by atoms with Crippen molar-refractivity contribution in [3.8, 4) is 5.95 Å². The Labute approximate surface area is 128 Å². The van der Waals surface area contributed by atoms with Crippen molar-refractivity contribution in [2.24, 2.45) is 5.92 Å². The van der Waals surface area contributed by atoms with Gasteiger partial charge in [0.1, 0.15) is 5.82 Å². The smallest absolute Gasteiger partial charge is 0.235 e. The van der Waals surface area contributed by atoms with Crippen molar-refractivity contribution < 1.29 is 9.53 Å². The second-order valence-corrected chi connectivity index (χ2v) is 5.49. The van der Waals surface area contributed by atoms with Crippen LogP contribution in [0.5, 0.6) is 0 Å². The van der Waals surface area contributed by atoms with E-state index < -0.39 is 0 Å². The molecule has 1 unspecified atom stereocenters. The fraction of sp³-hybridized carbons (Fsp3) is 0.467. The second kappa shape index (κ2) is 5.84. The maximum absolute atomic E-state index is 12.0. The van der Waals surface area contributed by atoms with E-state index in [1.165, 1.54) is 0 Å². The van der Waals surface area contributed by atoms with Gasteiger partial charge in [-0.2, -0.15) is 0 Å². The molecule has 0 radical (unpaired) electrons. The third kappa shape index (κ3) is 2.71. The van der Waals surface area contributed by atoms with Crippen molar-refractivity contribution >= 4 is 11.6 Å². The minimum Gasteiger partial charge on any atom is -0.381 e. The number of carbonyl (C=O) groups excluding carboxylic acids is 1. The van der Waals surface area contributed by atoms with Gasteiger partial charge in [0.25, 0.3) is 0 Å². The fourth-order valence-electron chi connectivity index (χ4n) is 2.56. The van der Waals surface area contributed by atoms with Crippen LogP contribution in [0.4, 0.5) is 5.69 Å². The first-order chi connectivity index (χ1) is 10.6. The summed E-state index contributed by atoms with van der Waals surface area (Å²) < 4.78 is 7.11. The summed E-state index contributed by atoms with van der Waals surface area (Å²) in [6.45, 7) is 6.98. The number of amides is 1. The number of aromatic nitrogens is 4. The monoisotopic (exact) mass is 301 g/mol. The number of hydrogen-bond donors (Lipinski definition) is 1. The Hall–Kier alpha value is -2.28. The predicted molar refractivity (Wildman–Crippen MR) is 80.9 cm³/mol. The fourth-order valence-corrected chi connectivity index (χ4v) is 2.56. The van der Waals surface area contributed by atoms with E-state index in [-0.39, 0.29) is 11.8 Å². The number of ether oxygens (including phenoxy) is 1. The van der Waals surface area contributed by atoms with Crippen LogP contribution < -0.4 is 5.32 Å². The molecule has 0 aliphatic carbocycles. The number of anilines is 1. The topological polar surface area (TPSA) is 81.9 Å². The minimum absolute atomic E-state index is 0.0420. The van der Waals surface area contributed by atoms with E-state index in [4.69, 9.17) is 4.74 Å². The van der Waals surface area contributed by atoms with Gasteiger partial charge in [-0.25, -0.2) is 15.0 Å². The number of rotatable bonds is 3. The molecule has 0 saturated carbocycles. The molecule has 22 heavy (non-hydrogen) atoms. The van der Waals surface area contributed by atoms with Gasteiger partial charge in [0.15, 0.2) is 0 Å². The van der Waals surface area contributed by atoms with E-state index in [0.717, 1.165) is 23.6 Å². The summed E-state index contributed by atoms with van der Waals surface area (Å²) in [4.78, 5) is 25.1. The Bertz CT molecular complexity index is 687. The molecule has 7 nitrogen and oxygen atoms in total. The van der Waals surface area contributed by atoms with E-state index in [0.29, 0.717) is 24.8 Å². The molecule has 0 bridgehead atoms. The van der Waals surface area contributed by atoms with Crippen LogP contribution in [0.15, 0.2) is 12.4 Å². The molecule has 7 heteroatoms. The van der Waals surface area contributed by atoms with Gasteiger partial charge in [-0.15, -0.1) is 0 Å². The number of hydrogen-bond acceptors (Lipinski definition) is 5. The van der Waals surface area contributed by atoms with Crippen LogP contribution in [0.25, 0.3) is 5.95 Å². The Morgan fingerprint density at radius 3 is 2.59 bits per heavy atom. The lowest BCUT2D eigenvalue weighted by atomic mass is 10.1. The molecule has 2 aromatic heterocycles. The number of aryl methyl sites for hydroxylation is 2. The van der Waals surface area contributed by atoms with Gasteiger partial charge in [0.05, 0.1) is 36.3 Å². The Morgan fingerprint density at radius 2 is 2.05 bits per heavy atom. The quantitative estimate of drug-likeness (QED) is 0.930. The summed E-state index contributed by atoms with van der Waals surface area (Å²) in [5.41, 5.74) is 2.56. The average Bonchev–Trinajstić information content (AvgIpc) is 3.10. The summed E-state index contributed by atoms with van der Waals surface area (Å²) in [7, 11) is 0. The van der Waals surface area contributed by atoms with Gasteiger partial charge >= 0.3 is 0 Å². The lowest BCUT2D eigenvalue weighted by Crippen LogP contribution is -2.23. The molecule has 0 aromatic carbocycles. The molecule has 1 fully saturated rings. The summed E-state index contributed by atoms with van der Waals surface area (Å²) in [6, 6.07) is 0. The summed E-state index contributed by atoms with van der Waals surface area (Å²) in [5.74, 6) is 1.27. The highest BCUT2D eigenvalue weighted by atomic mass is 16.5. The lowest BCUT2D eigenvalue weighted by Gasteiger charge is -2.10. The maximum Gasteiger partial charge on any atom is 0.235 e. The van der Waals surface area contributed by atoms with Gasteiger partial charge < -0.3 is 10.1 Å². The van der Waals surface area contributed by atoms with Crippen molar-refractivity contribution in [2.75, 3.05) is 18.5 Å². The molecular formula is C15H19N5O2. The molecule has 1 aliphatic rings. The molecule has 3 heterocycles. The summed E-state index contributed by atoms with van der Waals surface area (Å²) in [6.07, 6.45) is 3.99. The van der Waals surface area contributed by atoms with E-state index >= 15 is 0 Å². The molecule has 1 saturated heterocycles. The highest BCUT2D eigenvalue weighted by molar-refractivity contribution is 5.92. The normalized spacial score (nSPS) is 17.7. The molecule has 1 amide bonds. The zero-order valence-corrected chi connectivity index (χ0v) is 13.0. The van der Waals surface area contributed by atoms with E-state index in [9.17, 15) is 4.79 Å². The standard InChI is InChI=1S/C15H19N5O2/c1-9-10(2)20(11(3)18-9)15-16-6-13(7-17-15)19-14(21)12-4-5-22-8-12/h6-7,12H,4-5,8H2,1-3H3,(H,19,21). The second-order valence-electron chi connectivity index (χ2n) is 5.49. The highest BCUT2D eigenvalue weighted by Gasteiger charge is 2.23. The number of nitrogens with zero attached hydrogens (tertiary/aromatic N) is 4. The first kappa shape index (κ1) is 14.6. The largest absolute Gasteiger partial charge is 0.381 e. The van der Waals surface area contributed by atoms with Crippen molar-refractivity contribution in [1.82, 2.24) is 19.5 Å². The summed E-state index contributed by atoms with van der Waals surface area (Å²) >= 11 is 0. The minimum atomic E-state index is -0.0829. The van der Waals surface area contributed by atoms with Gasteiger partial charge in [0, 0.05) is 12.3 Å². The molecule has 1 atom stereocenters. The Kier molecular flexibility index (Phi) is 3.89. The zero-order chi connectivity index (χ0) is 15.7. The molecular weight excluding hydrogens is 282 g/mol. The maximum atomic E-state index is 12.0. The Balaban J connectivity index is 1.76. The number of imidazole rings is 1. The van der Waals surface area contributed by atoms with Crippen LogP contribution >= 0.6 is 0 Å². The highest BCUT2D eigenvalue weighted by Crippen LogP contribution is 2.17. The van der Waals surface area contributed by atoms with Crippen molar-refractivity contribution in [1.29, 1.82) is 0 Å². The van der Waals surface area contributed by atoms with Crippen LogP contribution in [0.1, 0.15) is 23.6 Å². The van der Waals surface area contributed by atoms with E-state index in [2.05, 4.69) is 20.3 Å². The van der Waals surface area contributed by atoms with Crippen LogP contribution in [0.3, 0.4) is 0 Å². The van der Waals surface area contributed by atoms with Crippen LogP contribution in [-0.2, 0) is 9.53 Å². The van der Waals surface area contributed by atoms with Crippen LogP contribution in [-0.4, -0.2) is 38.6 Å². The third-order valence-corrected chi connectivity index (χ3v) is 3.92. The van der Waals surface area contributed by atoms with Gasteiger partial charge in [-0.1, -0.05) is 0 Å². The molecule has 116 valence electrons. The first-order valence-electron chi connectivity index (χ1n) is 7.30. The molecule has 0 spiro atoms. The first-order valence-corrected chi connectivity index (χ1v) is 7.30. The number of carbonyl (C=O) groups is 1. The van der Waals surface area contributed by atoms with E-state index in [1.807, 2.05) is 25.3 Å². The van der Waals surface area contributed by atoms with Crippen molar-refractivity contribution in [3.05, 3.63) is 29.6 Å². The Morgan fingerprint density at radius 1 is 1.32 bits per heavy atom. The summed E-state index contributed by atoms with van der Waals surface area (Å²) in [5, 5.41) is 2.83. The molecule has 1 N–H and O–H groups in total. The van der Waals surface area contributed by atoms with Gasteiger partial charge in [-0.05, 0) is 27.2 Å². The third-order valence-electron chi connectivity index (χ3n) is 3.92. The van der Waals surface area contributed by atoms with Crippen LogP contribution in [0, 0.1) is 26.7 Å². The predicted octanol–water partition coefficient (Wildman–Crippen LogP) is 1.56. The average molecular weight is 301 g/mol. The molecule has 1 aliphatic heterocycles. The van der Waals surface area contributed by atoms with Gasteiger partial charge in [0.2, 0.25) is 11.9 Å². The van der Waals surface area contributed by atoms with Gasteiger partial charge in [-0.3, -0.25) is 9.36 Å². The SMILES string of the molecule is Cc1nc(C)n(-c2ncc(NC(=O)C3CCOC3)cn2)c1C. The number of nitrogens with one attached hydrogen (secondary N) is 1. The van der Waals surface area contributed by atoms with Crippen molar-refractivity contribution in [2.45, 2.75) is 27.2 Å². The molecule has 2 aromatic rings. The lowest BCUT2D eigenvalue weighted by molar-refractivity contribution is -0.119. The van der Waals surface area contributed by atoms with Crippen molar-refractivity contribution in [3.63, 3.8) is 0 Å². The molecule has 3 rings (SSSR count). The van der Waals surface area contributed by atoms with E-state index in [1.54, 1.807) is 12.4 Å².